The van der Waals surface area contributed by atoms with E-state index < -0.39 is 74.6 Å². The zero-order chi connectivity index (χ0) is 25.8. The van der Waals surface area contributed by atoms with Gasteiger partial charge in [0.1, 0.15) is 55.4 Å². The Labute approximate surface area is 202 Å². The Morgan fingerprint density at radius 3 is 1.77 bits per heavy atom. The molecule has 2 rings (SSSR count). The number of terminal acetylenes is 1. The minimum atomic E-state index is -1.73. The number of rotatable bonds is 15. The zero-order valence-corrected chi connectivity index (χ0v) is 19.2. The molecule has 2 aliphatic heterocycles. The van der Waals surface area contributed by atoms with Gasteiger partial charge >= 0.3 is 0 Å². The lowest BCUT2D eigenvalue weighted by Crippen LogP contribution is -2.64. The van der Waals surface area contributed by atoms with Gasteiger partial charge in [0.25, 0.3) is 0 Å². The van der Waals surface area contributed by atoms with Crippen LogP contribution >= 0.6 is 0 Å². The highest BCUT2D eigenvalue weighted by atomic mass is 16.7. The molecule has 0 aromatic heterocycles. The normalized spacial score (nSPS) is 37.8. The monoisotopic (exact) mass is 512 g/mol. The first-order chi connectivity index (χ1) is 16.8. The van der Waals surface area contributed by atoms with Gasteiger partial charge in [-0.2, -0.15) is 0 Å². The molecule has 7 N–H and O–H groups in total. The molecule has 10 atom stereocenters. The van der Waals surface area contributed by atoms with Crippen LogP contribution in [-0.2, 0) is 33.2 Å². The molecule has 14 nitrogen and oxygen atoms in total. The van der Waals surface area contributed by atoms with Gasteiger partial charge in [-0.3, -0.25) is 0 Å². The molecule has 35 heavy (non-hydrogen) atoms. The summed E-state index contributed by atoms with van der Waals surface area (Å²) in [6, 6.07) is 0. The van der Waals surface area contributed by atoms with E-state index in [2.05, 4.69) is 5.92 Å². The molecule has 0 spiro atoms. The lowest BCUT2D eigenvalue weighted by molar-refractivity contribution is -0.359. The molecule has 4 unspecified atom stereocenters. The van der Waals surface area contributed by atoms with Gasteiger partial charge in [-0.1, -0.05) is 5.92 Å². The molecule has 2 heterocycles. The summed E-state index contributed by atoms with van der Waals surface area (Å²) in [6.45, 7) is 0.378. The Kier molecular flexibility index (Phi) is 13.8. The molecule has 0 radical (unpaired) electrons. The summed E-state index contributed by atoms with van der Waals surface area (Å²) in [7, 11) is 0. The fourth-order valence-corrected chi connectivity index (χ4v) is 3.49. The molecule has 204 valence electrons. The molecule has 2 saturated heterocycles. The van der Waals surface area contributed by atoms with Crippen LogP contribution in [0.25, 0.3) is 0 Å². The second kappa shape index (κ2) is 16.0. The third-order valence-corrected chi connectivity index (χ3v) is 5.40. The van der Waals surface area contributed by atoms with Gasteiger partial charge in [0.15, 0.2) is 12.6 Å². The summed E-state index contributed by atoms with van der Waals surface area (Å²) in [6.07, 6.45) is -9.95. The lowest BCUT2D eigenvalue weighted by Gasteiger charge is -2.45. The van der Waals surface area contributed by atoms with E-state index in [0.717, 1.165) is 0 Å². The van der Waals surface area contributed by atoms with Crippen LogP contribution in [0.3, 0.4) is 0 Å². The summed E-state index contributed by atoms with van der Waals surface area (Å²) in [4.78, 5) is 0. The van der Waals surface area contributed by atoms with Crippen LogP contribution in [0.15, 0.2) is 0 Å². The zero-order valence-electron chi connectivity index (χ0n) is 19.2. The first-order valence-electron chi connectivity index (χ1n) is 11.2. The maximum absolute atomic E-state index is 10.5. The third kappa shape index (κ3) is 8.81. The standard InChI is InChI=1S/C21H36O14/c1-2-3-29-4-5-30-6-7-31-8-9-32-20-18(28)16(26)19(13(11-23)34-20)35-21-17(27)15(25)14(24)12(10-22)33-21/h1,12-28H,3-11H2/t12?,13?,14-,15?,16?,17-,18-,19+,20+,21-/m0/s1. The highest BCUT2D eigenvalue weighted by Crippen LogP contribution is 2.29. The van der Waals surface area contributed by atoms with Crippen molar-refractivity contribution in [1.29, 1.82) is 0 Å². The van der Waals surface area contributed by atoms with Crippen LogP contribution in [0.5, 0.6) is 0 Å². The largest absolute Gasteiger partial charge is 0.394 e. The van der Waals surface area contributed by atoms with E-state index in [9.17, 15) is 35.7 Å². The molecule has 14 heteroatoms. The average Bonchev–Trinajstić information content (AvgIpc) is 2.86. The number of aliphatic hydroxyl groups is 7. The predicted molar refractivity (Wildman–Crippen MR) is 114 cm³/mol. The van der Waals surface area contributed by atoms with Crippen LogP contribution in [0.4, 0.5) is 0 Å². The van der Waals surface area contributed by atoms with E-state index in [1.54, 1.807) is 0 Å². The highest BCUT2D eigenvalue weighted by molar-refractivity contribution is 4.94. The lowest BCUT2D eigenvalue weighted by atomic mass is 9.97. The van der Waals surface area contributed by atoms with Gasteiger partial charge in [-0.15, -0.1) is 6.42 Å². The first-order valence-corrected chi connectivity index (χ1v) is 11.2. The Hall–Kier alpha value is -1.00. The van der Waals surface area contributed by atoms with E-state index in [0.29, 0.717) is 19.8 Å². The van der Waals surface area contributed by atoms with Crippen molar-refractivity contribution in [2.75, 3.05) is 59.5 Å². The van der Waals surface area contributed by atoms with E-state index >= 15 is 0 Å². The Balaban J connectivity index is 1.75. The minimum absolute atomic E-state index is 0.00386. The van der Waals surface area contributed by atoms with Crippen molar-refractivity contribution in [3.8, 4) is 12.3 Å². The Bertz CT molecular complexity index is 613. The number of hydrogen-bond donors (Lipinski definition) is 7. The average molecular weight is 513 g/mol. The van der Waals surface area contributed by atoms with Gasteiger partial charge in [0.2, 0.25) is 0 Å². The summed E-state index contributed by atoms with van der Waals surface area (Å²) < 4.78 is 37.3. The number of ether oxygens (including phenoxy) is 7. The summed E-state index contributed by atoms with van der Waals surface area (Å²) >= 11 is 0. The fraction of sp³-hybridized carbons (Fsp3) is 0.905. The number of aliphatic hydroxyl groups excluding tert-OH is 7. The van der Waals surface area contributed by atoms with Gasteiger partial charge in [0, 0.05) is 0 Å². The van der Waals surface area contributed by atoms with Crippen LogP contribution in [-0.4, -0.2) is 157 Å². The fourth-order valence-electron chi connectivity index (χ4n) is 3.49. The van der Waals surface area contributed by atoms with Crippen LogP contribution in [0.2, 0.25) is 0 Å². The molecular formula is C21H36O14. The Morgan fingerprint density at radius 2 is 1.17 bits per heavy atom. The molecule has 0 aromatic carbocycles. The molecule has 0 saturated carbocycles. The van der Waals surface area contributed by atoms with Crippen molar-refractivity contribution < 1.29 is 68.9 Å². The smallest absolute Gasteiger partial charge is 0.187 e. The third-order valence-electron chi connectivity index (χ3n) is 5.40. The van der Waals surface area contributed by atoms with Crippen molar-refractivity contribution in [3.05, 3.63) is 0 Å². The first kappa shape index (κ1) is 30.2. The topological polar surface area (TPSA) is 206 Å². The summed E-state index contributed by atoms with van der Waals surface area (Å²) in [5.41, 5.74) is 0. The van der Waals surface area contributed by atoms with E-state index in [1.807, 2.05) is 0 Å². The Morgan fingerprint density at radius 1 is 0.629 bits per heavy atom. The van der Waals surface area contributed by atoms with Crippen LogP contribution < -0.4 is 0 Å². The van der Waals surface area contributed by atoms with Gasteiger partial charge in [0.05, 0.1) is 52.9 Å². The summed E-state index contributed by atoms with van der Waals surface area (Å²) in [5, 5.41) is 69.8. The van der Waals surface area contributed by atoms with Gasteiger partial charge in [-0.05, 0) is 0 Å². The summed E-state index contributed by atoms with van der Waals surface area (Å²) in [5.74, 6) is 2.34. The van der Waals surface area contributed by atoms with Gasteiger partial charge in [-0.25, -0.2) is 0 Å². The molecule has 2 aliphatic rings. The SMILES string of the molecule is C#CCOCCOCCOCCO[C@@H]1OC(CO)[C@@H](O[C@@H]2OC(CO)[C@H](O)C(O)[C@@H]2O)C(O)[C@@H]1O. The molecule has 0 aliphatic carbocycles. The van der Waals surface area contributed by atoms with Crippen molar-refractivity contribution in [2.24, 2.45) is 0 Å². The van der Waals surface area contributed by atoms with E-state index in [-0.39, 0.29) is 26.4 Å². The second-order valence-corrected chi connectivity index (χ2v) is 7.86. The van der Waals surface area contributed by atoms with Crippen LogP contribution in [0.1, 0.15) is 0 Å². The van der Waals surface area contributed by atoms with Crippen molar-refractivity contribution >= 4 is 0 Å². The maximum atomic E-state index is 10.5. The van der Waals surface area contributed by atoms with E-state index in [4.69, 9.17) is 39.6 Å². The quantitative estimate of drug-likeness (QED) is 0.0813. The molecule has 0 bridgehead atoms. The van der Waals surface area contributed by atoms with Crippen molar-refractivity contribution in [1.82, 2.24) is 0 Å². The highest BCUT2D eigenvalue weighted by Gasteiger charge is 2.50. The van der Waals surface area contributed by atoms with Crippen molar-refractivity contribution in [2.45, 2.75) is 61.4 Å². The maximum Gasteiger partial charge on any atom is 0.187 e. The van der Waals surface area contributed by atoms with Crippen LogP contribution in [0, 0.1) is 12.3 Å². The molecule has 0 aromatic rings. The molecule has 0 amide bonds. The second-order valence-electron chi connectivity index (χ2n) is 7.86. The minimum Gasteiger partial charge on any atom is -0.394 e. The number of hydrogen-bond acceptors (Lipinski definition) is 14. The molecule has 2 fully saturated rings. The van der Waals surface area contributed by atoms with Crippen molar-refractivity contribution in [3.63, 3.8) is 0 Å². The molecular weight excluding hydrogens is 476 g/mol. The van der Waals surface area contributed by atoms with E-state index in [1.165, 1.54) is 0 Å². The van der Waals surface area contributed by atoms with Gasteiger partial charge < -0.3 is 68.9 Å². The predicted octanol–water partition coefficient (Wildman–Crippen LogP) is -4.69.